The van der Waals surface area contributed by atoms with Crippen LogP contribution in [-0.4, -0.2) is 9.97 Å². The Balaban J connectivity index is 2.26. The molecule has 0 bridgehead atoms. The zero-order chi connectivity index (χ0) is 9.97. The summed E-state index contributed by atoms with van der Waals surface area (Å²) in [6.45, 7) is 2.06. The van der Waals surface area contributed by atoms with E-state index in [9.17, 15) is 0 Å². The summed E-state index contributed by atoms with van der Waals surface area (Å²) in [5, 5.41) is 5.94. The van der Waals surface area contributed by atoms with Gasteiger partial charge in [-0.1, -0.05) is 6.92 Å². The van der Waals surface area contributed by atoms with E-state index in [0.717, 1.165) is 22.1 Å². The standard InChI is InChI=1S/C9H11N3S2/c1-2-6(10)8-12-7(5-14-8)9-11-3-4-13-9/h3-6H,2,10H2,1H3. The van der Waals surface area contributed by atoms with Gasteiger partial charge in [-0.15, -0.1) is 22.7 Å². The Kier molecular flexibility index (Phi) is 2.90. The molecule has 0 spiro atoms. The van der Waals surface area contributed by atoms with E-state index in [0.29, 0.717) is 0 Å². The van der Waals surface area contributed by atoms with Gasteiger partial charge in [0.1, 0.15) is 15.7 Å². The van der Waals surface area contributed by atoms with E-state index in [-0.39, 0.29) is 6.04 Å². The number of hydrogen-bond acceptors (Lipinski definition) is 5. The van der Waals surface area contributed by atoms with Gasteiger partial charge in [0.25, 0.3) is 0 Å². The Bertz CT molecular complexity index is 394. The molecule has 0 aliphatic heterocycles. The fourth-order valence-corrected chi connectivity index (χ4v) is 2.64. The maximum Gasteiger partial charge on any atom is 0.142 e. The van der Waals surface area contributed by atoms with E-state index in [1.807, 2.05) is 10.8 Å². The molecule has 0 saturated carbocycles. The van der Waals surface area contributed by atoms with Gasteiger partial charge < -0.3 is 5.73 Å². The van der Waals surface area contributed by atoms with E-state index in [4.69, 9.17) is 5.73 Å². The molecule has 3 nitrogen and oxygen atoms in total. The van der Waals surface area contributed by atoms with Crippen molar-refractivity contribution in [2.45, 2.75) is 19.4 Å². The second kappa shape index (κ2) is 4.16. The molecule has 0 saturated heterocycles. The van der Waals surface area contributed by atoms with Gasteiger partial charge in [0.15, 0.2) is 0 Å². The van der Waals surface area contributed by atoms with E-state index in [1.54, 1.807) is 28.9 Å². The van der Waals surface area contributed by atoms with Crippen LogP contribution >= 0.6 is 22.7 Å². The minimum Gasteiger partial charge on any atom is -0.322 e. The molecule has 2 heterocycles. The van der Waals surface area contributed by atoms with Crippen molar-refractivity contribution in [1.29, 1.82) is 0 Å². The van der Waals surface area contributed by atoms with E-state index < -0.39 is 0 Å². The highest BCUT2D eigenvalue weighted by atomic mass is 32.1. The SMILES string of the molecule is CCC(N)c1nc(-c2nccs2)cs1. The zero-order valence-electron chi connectivity index (χ0n) is 7.80. The first-order valence-corrected chi connectivity index (χ1v) is 6.18. The molecule has 2 rings (SSSR count). The van der Waals surface area contributed by atoms with Crippen LogP contribution in [-0.2, 0) is 0 Å². The first-order chi connectivity index (χ1) is 6.81. The summed E-state index contributed by atoms with van der Waals surface area (Å²) in [6.07, 6.45) is 2.71. The molecule has 0 aliphatic rings. The van der Waals surface area contributed by atoms with Gasteiger partial charge in [-0.05, 0) is 6.42 Å². The van der Waals surface area contributed by atoms with E-state index in [2.05, 4.69) is 16.9 Å². The van der Waals surface area contributed by atoms with Gasteiger partial charge in [-0.2, -0.15) is 0 Å². The predicted molar refractivity (Wildman–Crippen MR) is 60.4 cm³/mol. The molecule has 2 aromatic rings. The highest BCUT2D eigenvalue weighted by molar-refractivity contribution is 7.14. The highest BCUT2D eigenvalue weighted by Gasteiger charge is 2.10. The molecule has 1 unspecified atom stereocenters. The Morgan fingerprint density at radius 3 is 3.00 bits per heavy atom. The van der Waals surface area contributed by atoms with Crippen molar-refractivity contribution >= 4 is 22.7 Å². The third-order valence-corrected chi connectivity index (χ3v) is 3.70. The summed E-state index contributed by atoms with van der Waals surface area (Å²) in [5.41, 5.74) is 6.84. The lowest BCUT2D eigenvalue weighted by Crippen LogP contribution is -2.07. The van der Waals surface area contributed by atoms with Gasteiger partial charge >= 0.3 is 0 Å². The van der Waals surface area contributed by atoms with Crippen LogP contribution in [0.3, 0.4) is 0 Å². The maximum absolute atomic E-state index is 5.89. The Morgan fingerprint density at radius 2 is 2.36 bits per heavy atom. The average molecular weight is 225 g/mol. The lowest BCUT2D eigenvalue weighted by molar-refractivity contribution is 0.693. The van der Waals surface area contributed by atoms with Crippen LogP contribution in [0, 0.1) is 0 Å². The first kappa shape index (κ1) is 9.76. The molecule has 74 valence electrons. The van der Waals surface area contributed by atoms with Gasteiger partial charge in [-0.3, -0.25) is 0 Å². The second-order valence-electron chi connectivity index (χ2n) is 2.92. The molecule has 2 aromatic heterocycles. The van der Waals surface area contributed by atoms with Crippen molar-refractivity contribution in [3.63, 3.8) is 0 Å². The molecule has 0 fully saturated rings. The summed E-state index contributed by atoms with van der Waals surface area (Å²) in [4.78, 5) is 8.67. The van der Waals surface area contributed by atoms with Gasteiger partial charge in [-0.25, -0.2) is 9.97 Å². The van der Waals surface area contributed by atoms with Crippen LogP contribution in [0.5, 0.6) is 0 Å². The molecule has 0 aliphatic carbocycles. The van der Waals surface area contributed by atoms with Crippen LogP contribution in [0.25, 0.3) is 10.7 Å². The Hall–Kier alpha value is -0.780. The van der Waals surface area contributed by atoms with Crippen molar-refractivity contribution in [2.75, 3.05) is 0 Å². The molecule has 5 heteroatoms. The minimum absolute atomic E-state index is 0.0636. The molecule has 14 heavy (non-hydrogen) atoms. The van der Waals surface area contributed by atoms with Crippen molar-refractivity contribution in [2.24, 2.45) is 5.73 Å². The third-order valence-electron chi connectivity index (χ3n) is 1.93. The van der Waals surface area contributed by atoms with E-state index >= 15 is 0 Å². The van der Waals surface area contributed by atoms with Crippen LogP contribution < -0.4 is 5.73 Å². The van der Waals surface area contributed by atoms with Crippen LogP contribution in [0.15, 0.2) is 17.0 Å². The number of nitrogens with two attached hydrogens (primary N) is 1. The lowest BCUT2D eigenvalue weighted by Gasteiger charge is -2.01. The molecular weight excluding hydrogens is 214 g/mol. The van der Waals surface area contributed by atoms with Crippen LogP contribution in [0.1, 0.15) is 24.4 Å². The topological polar surface area (TPSA) is 51.8 Å². The monoisotopic (exact) mass is 225 g/mol. The van der Waals surface area contributed by atoms with Gasteiger partial charge in [0.2, 0.25) is 0 Å². The quantitative estimate of drug-likeness (QED) is 0.873. The summed E-state index contributed by atoms with van der Waals surface area (Å²) in [6, 6.07) is 0.0636. The van der Waals surface area contributed by atoms with Gasteiger partial charge in [0, 0.05) is 17.0 Å². The van der Waals surface area contributed by atoms with Crippen LogP contribution in [0.4, 0.5) is 0 Å². The summed E-state index contributed by atoms with van der Waals surface area (Å²) >= 11 is 3.21. The first-order valence-electron chi connectivity index (χ1n) is 4.42. The highest BCUT2D eigenvalue weighted by Crippen LogP contribution is 2.26. The zero-order valence-corrected chi connectivity index (χ0v) is 9.44. The molecule has 1 atom stereocenters. The largest absolute Gasteiger partial charge is 0.322 e. The fraction of sp³-hybridized carbons (Fsp3) is 0.333. The molecule has 2 N–H and O–H groups in total. The minimum atomic E-state index is 0.0636. The number of rotatable bonds is 3. The Morgan fingerprint density at radius 1 is 1.50 bits per heavy atom. The summed E-state index contributed by atoms with van der Waals surface area (Å²) in [5.74, 6) is 0. The van der Waals surface area contributed by atoms with Gasteiger partial charge in [0.05, 0.1) is 6.04 Å². The third kappa shape index (κ3) is 1.84. The average Bonchev–Trinajstić information content (AvgIpc) is 2.86. The lowest BCUT2D eigenvalue weighted by atomic mass is 10.2. The maximum atomic E-state index is 5.89. The molecule has 0 aromatic carbocycles. The van der Waals surface area contributed by atoms with Crippen LogP contribution in [0.2, 0.25) is 0 Å². The Labute approximate surface area is 90.6 Å². The second-order valence-corrected chi connectivity index (χ2v) is 4.71. The van der Waals surface area contributed by atoms with Crippen molar-refractivity contribution < 1.29 is 0 Å². The predicted octanol–water partition coefficient (Wildman–Crippen LogP) is 2.68. The number of aromatic nitrogens is 2. The summed E-state index contributed by atoms with van der Waals surface area (Å²) in [7, 11) is 0. The normalized spacial score (nSPS) is 13.0. The number of thiazole rings is 2. The fourth-order valence-electron chi connectivity index (χ4n) is 1.08. The van der Waals surface area contributed by atoms with Crippen molar-refractivity contribution in [3.8, 4) is 10.7 Å². The number of nitrogens with zero attached hydrogens (tertiary/aromatic N) is 2. The molecule has 0 amide bonds. The van der Waals surface area contributed by atoms with Crippen molar-refractivity contribution in [1.82, 2.24) is 9.97 Å². The molecular formula is C9H11N3S2. The van der Waals surface area contributed by atoms with Crippen molar-refractivity contribution in [3.05, 3.63) is 22.0 Å². The summed E-state index contributed by atoms with van der Waals surface area (Å²) < 4.78 is 0. The number of hydrogen-bond donors (Lipinski definition) is 1. The smallest absolute Gasteiger partial charge is 0.142 e. The van der Waals surface area contributed by atoms with E-state index in [1.165, 1.54) is 0 Å². The molecule has 0 radical (unpaired) electrons.